The van der Waals surface area contributed by atoms with E-state index in [4.69, 9.17) is 4.42 Å². The third-order valence-electron chi connectivity index (χ3n) is 6.66. The Bertz CT molecular complexity index is 663. The Labute approximate surface area is 153 Å². The van der Waals surface area contributed by atoms with E-state index in [1.165, 1.54) is 24.8 Å². The molecule has 4 heteroatoms. The fourth-order valence-corrected chi connectivity index (χ4v) is 6.76. The molecule has 132 valence electrons. The maximum Gasteiger partial charge on any atom is 0.229 e. The van der Waals surface area contributed by atoms with Gasteiger partial charge in [0.05, 0.1) is 18.2 Å². The second-order valence-electron chi connectivity index (χ2n) is 8.57. The van der Waals surface area contributed by atoms with E-state index in [2.05, 4.69) is 21.7 Å². The van der Waals surface area contributed by atoms with Crippen LogP contribution in [0.4, 0.5) is 0 Å². The summed E-state index contributed by atoms with van der Waals surface area (Å²) in [4.78, 5) is 15.8. The van der Waals surface area contributed by atoms with Crippen LogP contribution in [0, 0.1) is 23.2 Å². The van der Waals surface area contributed by atoms with E-state index >= 15 is 0 Å². The molecule has 4 saturated carbocycles. The van der Waals surface area contributed by atoms with Crippen LogP contribution in [0.15, 0.2) is 39.6 Å². The average Bonchev–Trinajstić information content (AvgIpc) is 3.26. The number of amides is 1. The second kappa shape index (κ2) is 6.01. The van der Waals surface area contributed by atoms with Crippen molar-refractivity contribution in [1.29, 1.82) is 0 Å². The molecule has 4 aliphatic rings. The molecule has 0 atom stereocenters. The zero-order valence-electron chi connectivity index (χ0n) is 14.5. The first-order chi connectivity index (χ1) is 12.2. The highest BCUT2D eigenvalue weighted by Crippen LogP contribution is 2.60. The predicted octanol–water partition coefficient (Wildman–Crippen LogP) is 5.09. The molecule has 2 aromatic heterocycles. The van der Waals surface area contributed by atoms with Gasteiger partial charge in [-0.25, -0.2) is 0 Å². The van der Waals surface area contributed by atoms with Gasteiger partial charge in [0, 0.05) is 6.54 Å². The fraction of sp³-hybridized carbons (Fsp3) is 0.571. The minimum absolute atomic E-state index is 0.0859. The minimum Gasteiger partial charge on any atom is -0.467 e. The first-order valence-electron chi connectivity index (χ1n) is 9.53. The van der Waals surface area contributed by atoms with Crippen molar-refractivity contribution in [1.82, 2.24) is 4.90 Å². The molecule has 0 spiro atoms. The van der Waals surface area contributed by atoms with Crippen LogP contribution >= 0.6 is 11.3 Å². The third kappa shape index (κ3) is 2.84. The molecule has 4 bridgehead atoms. The number of hydrogen-bond donors (Lipinski definition) is 0. The Kier molecular flexibility index (Phi) is 3.77. The summed E-state index contributed by atoms with van der Waals surface area (Å²) in [5, 5.41) is 4.25. The maximum absolute atomic E-state index is 13.7. The molecule has 0 unspecified atom stereocenters. The van der Waals surface area contributed by atoms with Gasteiger partial charge >= 0.3 is 0 Å². The lowest BCUT2D eigenvalue weighted by Crippen LogP contribution is -2.54. The first kappa shape index (κ1) is 15.7. The van der Waals surface area contributed by atoms with Crippen molar-refractivity contribution < 1.29 is 9.21 Å². The molecule has 2 heterocycles. The topological polar surface area (TPSA) is 33.5 Å². The Hall–Kier alpha value is -1.55. The van der Waals surface area contributed by atoms with Crippen molar-refractivity contribution >= 4 is 17.2 Å². The van der Waals surface area contributed by atoms with Gasteiger partial charge in [-0.05, 0) is 90.8 Å². The molecule has 4 fully saturated rings. The smallest absolute Gasteiger partial charge is 0.229 e. The molecule has 4 aliphatic carbocycles. The zero-order valence-corrected chi connectivity index (χ0v) is 15.3. The summed E-state index contributed by atoms with van der Waals surface area (Å²) < 4.78 is 5.56. The Morgan fingerprint density at radius 3 is 2.40 bits per heavy atom. The largest absolute Gasteiger partial charge is 0.467 e. The molecule has 25 heavy (non-hydrogen) atoms. The Morgan fingerprint density at radius 2 is 1.84 bits per heavy atom. The molecule has 1 amide bonds. The summed E-state index contributed by atoms with van der Waals surface area (Å²) >= 11 is 1.70. The van der Waals surface area contributed by atoms with Gasteiger partial charge in [0.25, 0.3) is 0 Å². The Balaban J connectivity index is 1.42. The molecule has 0 saturated heterocycles. The van der Waals surface area contributed by atoms with Crippen molar-refractivity contribution in [2.45, 2.75) is 51.6 Å². The molecular weight excluding hydrogens is 330 g/mol. The van der Waals surface area contributed by atoms with Crippen LogP contribution in [-0.4, -0.2) is 10.8 Å². The molecule has 3 nitrogen and oxygen atoms in total. The van der Waals surface area contributed by atoms with Crippen molar-refractivity contribution in [2.75, 3.05) is 0 Å². The predicted molar refractivity (Wildman–Crippen MR) is 97.9 cm³/mol. The van der Waals surface area contributed by atoms with Crippen LogP contribution in [0.3, 0.4) is 0 Å². The van der Waals surface area contributed by atoms with Crippen molar-refractivity contribution in [3.05, 3.63) is 46.5 Å². The number of furan rings is 1. The Morgan fingerprint density at radius 1 is 1.12 bits per heavy atom. The lowest BCUT2D eigenvalue weighted by molar-refractivity contribution is -0.159. The van der Waals surface area contributed by atoms with Gasteiger partial charge in [0.15, 0.2) is 0 Å². The molecule has 6 rings (SSSR count). The van der Waals surface area contributed by atoms with Gasteiger partial charge < -0.3 is 9.32 Å². The number of carbonyl (C=O) groups is 1. The average molecular weight is 356 g/mol. The highest BCUT2D eigenvalue weighted by molar-refractivity contribution is 7.07. The van der Waals surface area contributed by atoms with Crippen LogP contribution in [0.1, 0.15) is 49.8 Å². The molecular formula is C21H25NO2S. The summed E-state index contributed by atoms with van der Waals surface area (Å²) in [6, 6.07) is 6.02. The summed E-state index contributed by atoms with van der Waals surface area (Å²) in [5.74, 6) is 3.65. The number of rotatable bonds is 5. The monoisotopic (exact) mass is 355 g/mol. The normalized spacial score (nSPS) is 32.9. The van der Waals surface area contributed by atoms with Crippen molar-refractivity contribution in [2.24, 2.45) is 23.2 Å². The third-order valence-corrected chi connectivity index (χ3v) is 7.39. The van der Waals surface area contributed by atoms with Gasteiger partial charge in [0.1, 0.15) is 5.76 Å². The van der Waals surface area contributed by atoms with Crippen LogP contribution in [0.25, 0.3) is 0 Å². The van der Waals surface area contributed by atoms with E-state index in [1.54, 1.807) is 17.6 Å². The van der Waals surface area contributed by atoms with Gasteiger partial charge in [0.2, 0.25) is 5.91 Å². The maximum atomic E-state index is 13.7. The number of hydrogen-bond acceptors (Lipinski definition) is 3. The van der Waals surface area contributed by atoms with Crippen molar-refractivity contribution in [3.63, 3.8) is 0 Å². The van der Waals surface area contributed by atoms with E-state index in [0.717, 1.165) is 42.8 Å². The SMILES string of the molecule is O=C(N(Cc1ccsc1)Cc1ccco1)C12CC3CC(CC(C3)C1)C2. The van der Waals surface area contributed by atoms with E-state index < -0.39 is 0 Å². The zero-order chi connectivity index (χ0) is 16.9. The molecule has 0 N–H and O–H groups in total. The van der Waals surface area contributed by atoms with Crippen LogP contribution in [-0.2, 0) is 17.9 Å². The number of nitrogens with zero attached hydrogens (tertiary/aromatic N) is 1. The van der Waals surface area contributed by atoms with E-state index in [1.807, 2.05) is 12.1 Å². The molecule has 0 radical (unpaired) electrons. The lowest BCUT2D eigenvalue weighted by atomic mass is 9.49. The number of carbonyl (C=O) groups excluding carboxylic acids is 1. The number of thiophene rings is 1. The van der Waals surface area contributed by atoms with Crippen LogP contribution < -0.4 is 0 Å². The lowest BCUT2D eigenvalue weighted by Gasteiger charge is -2.56. The highest BCUT2D eigenvalue weighted by Gasteiger charge is 2.55. The standard InChI is InChI=1S/C21H25NO2S/c23-20(21-9-16-6-17(10-21)8-18(7-16)11-21)22(12-15-3-5-25-14-15)13-19-2-1-4-24-19/h1-5,14,16-18H,6-13H2. The fourth-order valence-electron chi connectivity index (χ4n) is 6.10. The summed E-state index contributed by atoms with van der Waals surface area (Å²) in [7, 11) is 0. The van der Waals surface area contributed by atoms with E-state index in [-0.39, 0.29) is 5.41 Å². The summed E-state index contributed by atoms with van der Waals surface area (Å²) in [6.45, 7) is 1.29. The highest BCUT2D eigenvalue weighted by atomic mass is 32.1. The van der Waals surface area contributed by atoms with E-state index in [0.29, 0.717) is 19.0 Å². The first-order valence-corrected chi connectivity index (χ1v) is 10.5. The quantitative estimate of drug-likeness (QED) is 0.749. The molecule has 0 aromatic carbocycles. The van der Waals surface area contributed by atoms with Gasteiger partial charge in [-0.1, -0.05) is 0 Å². The van der Waals surface area contributed by atoms with E-state index in [9.17, 15) is 4.79 Å². The van der Waals surface area contributed by atoms with Crippen LogP contribution in [0.5, 0.6) is 0 Å². The summed E-state index contributed by atoms with van der Waals surface area (Å²) in [5.41, 5.74) is 1.15. The summed E-state index contributed by atoms with van der Waals surface area (Å²) in [6.07, 6.45) is 9.18. The second-order valence-corrected chi connectivity index (χ2v) is 9.35. The molecule has 2 aromatic rings. The van der Waals surface area contributed by atoms with Crippen LogP contribution in [0.2, 0.25) is 0 Å². The van der Waals surface area contributed by atoms with Gasteiger partial charge in [-0.2, -0.15) is 11.3 Å². The van der Waals surface area contributed by atoms with Crippen molar-refractivity contribution in [3.8, 4) is 0 Å². The van der Waals surface area contributed by atoms with Gasteiger partial charge in [-0.15, -0.1) is 0 Å². The van der Waals surface area contributed by atoms with Gasteiger partial charge in [-0.3, -0.25) is 4.79 Å². The minimum atomic E-state index is -0.0859. The molecule has 0 aliphatic heterocycles.